The van der Waals surface area contributed by atoms with Crippen LogP contribution < -0.4 is 14.8 Å². The topological polar surface area (TPSA) is 155 Å². The molecule has 1 aliphatic heterocycles. The minimum atomic E-state index is -1.73. The minimum Gasteiger partial charge on any atom is -0.497 e. The van der Waals surface area contributed by atoms with Gasteiger partial charge in [0.25, 0.3) is 14.4 Å². The molecular formula is C47H51FN7O7P. The van der Waals surface area contributed by atoms with Crippen LogP contribution in [0.2, 0.25) is 0 Å². The standard InChI is InChI=1S/C47H51FN7O7P/c1-31(2)55(32(3)4)63(60-27-13-26-49)62-39-28-41(54-30-50-42-43(52-46(48)53-44(42)54)51-45(56)33-14-9-7-10-15-33)61-40(39)29-59-47(34-16-11-8-12-17-34,35-18-22-37(57-5)23-19-35)36-20-24-38(58-6)25-21-36/h7-12,14-25,30-32,39-41H,13,27-29H2,1-6H3,(H,51,52,53,56)/t39-,40+,41+,63?/m0/s1. The fourth-order valence-electron chi connectivity index (χ4n) is 7.78. The summed E-state index contributed by atoms with van der Waals surface area (Å²) in [5.41, 5.74) is 2.01. The van der Waals surface area contributed by atoms with Gasteiger partial charge in [-0.2, -0.15) is 19.6 Å². The number of nitriles is 1. The molecule has 2 aromatic heterocycles. The number of hydrogen-bond acceptors (Lipinski definition) is 12. The van der Waals surface area contributed by atoms with Crippen molar-refractivity contribution in [3.05, 3.63) is 144 Å². The van der Waals surface area contributed by atoms with Crippen molar-refractivity contribution < 1.29 is 37.2 Å². The number of rotatable bonds is 19. The first-order valence-electron chi connectivity index (χ1n) is 20.7. The van der Waals surface area contributed by atoms with Crippen LogP contribution in [0.25, 0.3) is 11.2 Å². The highest BCUT2D eigenvalue weighted by molar-refractivity contribution is 7.44. The van der Waals surface area contributed by atoms with Crippen LogP contribution in [0.4, 0.5) is 10.2 Å². The van der Waals surface area contributed by atoms with Crippen molar-refractivity contribution in [1.82, 2.24) is 24.2 Å². The highest BCUT2D eigenvalue weighted by Gasteiger charge is 2.45. The van der Waals surface area contributed by atoms with Crippen LogP contribution in [0.15, 0.2) is 116 Å². The second-order valence-electron chi connectivity index (χ2n) is 15.4. The number of amides is 1. The average Bonchev–Trinajstić information content (AvgIpc) is 3.91. The summed E-state index contributed by atoms with van der Waals surface area (Å²) >= 11 is 0. The van der Waals surface area contributed by atoms with Crippen LogP contribution in [0.5, 0.6) is 11.5 Å². The van der Waals surface area contributed by atoms with Gasteiger partial charge in [-0.1, -0.05) is 72.8 Å². The van der Waals surface area contributed by atoms with Crippen LogP contribution in [0.1, 0.15) is 73.8 Å². The molecule has 1 amide bonds. The number of carbonyl (C=O) groups is 1. The van der Waals surface area contributed by atoms with E-state index in [0.717, 1.165) is 16.7 Å². The van der Waals surface area contributed by atoms with Gasteiger partial charge in [0.1, 0.15) is 29.4 Å². The molecule has 0 bridgehead atoms. The number of methoxy groups -OCH3 is 2. The van der Waals surface area contributed by atoms with Gasteiger partial charge in [0.15, 0.2) is 17.0 Å². The molecule has 6 aromatic rings. The summed E-state index contributed by atoms with van der Waals surface area (Å²) in [4.78, 5) is 25.7. The number of fused-ring (bicyclic) bond motifs is 1. The first kappa shape index (κ1) is 45.2. The Morgan fingerprint density at radius 3 is 2.06 bits per heavy atom. The molecule has 4 aromatic carbocycles. The number of nitrogens with one attached hydrogen (secondary N) is 1. The molecule has 16 heteroatoms. The van der Waals surface area contributed by atoms with Crippen molar-refractivity contribution in [3.63, 3.8) is 0 Å². The number of hydrogen-bond donors (Lipinski definition) is 1. The van der Waals surface area contributed by atoms with Crippen molar-refractivity contribution in [1.29, 1.82) is 5.26 Å². The monoisotopic (exact) mass is 875 g/mol. The lowest BCUT2D eigenvalue weighted by Gasteiger charge is -2.39. The Hall–Kier alpha value is -5.85. The number of ether oxygens (including phenoxy) is 4. The zero-order valence-corrected chi connectivity index (χ0v) is 36.9. The minimum absolute atomic E-state index is 0.00715. The number of imidazole rings is 1. The molecule has 0 radical (unpaired) electrons. The predicted molar refractivity (Wildman–Crippen MR) is 237 cm³/mol. The van der Waals surface area contributed by atoms with E-state index >= 15 is 4.39 Å². The Kier molecular flexibility index (Phi) is 14.7. The second-order valence-corrected chi connectivity index (χ2v) is 16.8. The van der Waals surface area contributed by atoms with Crippen molar-refractivity contribution in [2.24, 2.45) is 0 Å². The number of nitrogens with zero attached hydrogens (tertiary/aromatic N) is 6. The molecule has 1 N–H and O–H groups in total. The third-order valence-corrected chi connectivity index (χ3v) is 12.8. The molecule has 1 aliphatic rings. The maximum atomic E-state index is 15.3. The van der Waals surface area contributed by atoms with E-state index in [1.807, 2.05) is 78.9 Å². The highest BCUT2D eigenvalue weighted by atomic mass is 31.2. The molecule has 63 heavy (non-hydrogen) atoms. The van der Waals surface area contributed by atoms with E-state index in [1.165, 1.54) is 6.33 Å². The number of aromatic nitrogens is 4. The number of halogens is 1. The molecule has 328 valence electrons. The lowest BCUT2D eigenvalue weighted by molar-refractivity contribution is -0.0912. The van der Waals surface area contributed by atoms with Crippen LogP contribution >= 0.6 is 8.53 Å². The van der Waals surface area contributed by atoms with E-state index in [9.17, 15) is 10.1 Å². The molecule has 4 atom stereocenters. The van der Waals surface area contributed by atoms with Crippen molar-refractivity contribution in [2.75, 3.05) is 32.8 Å². The van der Waals surface area contributed by atoms with Gasteiger partial charge in [-0.05, 0) is 80.8 Å². The van der Waals surface area contributed by atoms with E-state index < -0.39 is 44.5 Å². The van der Waals surface area contributed by atoms with Gasteiger partial charge in [-0.25, -0.2) is 9.65 Å². The summed E-state index contributed by atoms with van der Waals surface area (Å²) in [5, 5.41) is 12.1. The van der Waals surface area contributed by atoms with Crippen LogP contribution in [0.3, 0.4) is 0 Å². The Balaban J connectivity index is 1.30. The summed E-state index contributed by atoms with van der Waals surface area (Å²) in [6.45, 7) is 8.45. The third-order valence-electron chi connectivity index (χ3n) is 10.7. The predicted octanol–water partition coefficient (Wildman–Crippen LogP) is 9.19. The van der Waals surface area contributed by atoms with Gasteiger partial charge in [0.2, 0.25) is 0 Å². The smallest absolute Gasteiger partial charge is 0.312 e. The Labute approximate surface area is 367 Å². The molecular weight excluding hydrogens is 825 g/mol. The molecule has 1 unspecified atom stereocenters. The first-order valence-corrected chi connectivity index (χ1v) is 21.8. The maximum absolute atomic E-state index is 15.3. The lowest BCUT2D eigenvalue weighted by Crippen LogP contribution is -2.39. The van der Waals surface area contributed by atoms with E-state index in [-0.39, 0.29) is 55.1 Å². The first-order chi connectivity index (χ1) is 30.6. The third kappa shape index (κ3) is 10.0. The molecule has 1 fully saturated rings. The Bertz CT molecular complexity index is 2420. The lowest BCUT2D eigenvalue weighted by atomic mass is 9.80. The molecule has 7 rings (SSSR count). The fraction of sp³-hybridized carbons (Fsp3) is 0.340. The van der Waals surface area contributed by atoms with E-state index in [1.54, 1.807) is 49.1 Å². The zero-order chi connectivity index (χ0) is 44.5. The van der Waals surface area contributed by atoms with Crippen LogP contribution in [0, 0.1) is 17.4 Å². The van der Waals surface area contributed by atoms with Crippen LogP contribution in [-0.4, -0.2) is 81.8 Å². The zero-order valence-electron chi connectivity index (χ0n) is 36.1. The average molecular weight is 876 g/mol. The van der Waals surface area contributed by atoms with Crippen molar-refractivity contribution in [3.8, 4) is 17.6 Å². The Morgan fingerprint density at radius 1 is 0.905 bits per heavy atom. The SMILES string of the molecule is COc1ccc(C(OC[C@H]2O[C@@H](n3cnc4c(NC(=O)c5ccccc5)nc(F)nc43)C[C@@H]2OP(OCCC#N)N(C(C)C)C(C)C)(c2ccccc2)c2ccc(OC)cc2)cc1. The molecule has 0 spiro atoms. The number of anilines is 1. The summed E-state index contributed by atoms with van der Waals surface area (Å²) < 4.78 is 57.8. The van der Waals surface area contributed by atoms with Crippen LogP contribution in [-0.2, 0) is 24.1 Å². The number of benzene rings is 4. The quantitative estimate of drug-likeness (QED) is 0.0357. The van der Waals surface area contributed by atoms with Gasteiger partial charge < -0.3 is 33.3 Å². The van der Waals surface area contributed by atoms with Gasteiger partial charge in [-0.3, -0.25) is 9.36 Å². The van der Waals surface area contributed by atoms with E-state index in [0.29, 0.717) is 17.1 Å². The maximum Gasteiger partial charge on any atom is 0.312 e. The molecule has 0 aliphatic carbocycles. The molecule has 3 heterocycles. The van der Waals surface area contributed by atoms with E-state index in [2.05, 4.69) is 58.7 Å². The van der Waals surface area contributed by atoms with Crippen molar-refractivity contribution >= 4 is 31.4 Å². The molecule has 14 nitrogen and oxygen atoms in total. The summed E-state index contributed by atoms with van der Waals surface area (Å²) in [7, 11) is 1.52. The second kappa shape index (κ2) is 20.6. The van der Waals surface area contributed by atoms with Gasteiger partial charge >= 0.3 is 6.08 Å². The fourth-order valence-corrected chi connectivity index (χ4v) is 9.54. The van der Waals surface area contributed by atoms with Gasteiger partial charge in [-0.15, -0.1) is 0 Å². The van der Waals surface area contributed by atoms with Gasteiger partial charge in [0.05, 0.1) is 52.4 Å². The summed E-state index contributed by atoms with van der Waals surface area (Å²) in [6, 6.07) is 36.2. The summed E-state index contributed by atoms with van der Waals surface area (Å²) in [6.07, 6.45) is -1.29. The number of carbonyl (C=O) groups excluding carboxylic acids is 1. The highest BCUT2D eigenvalue weighted by Crippen LogP contribution is 2.51. The van der Waals surface area contributed by atoms with Crippen molar-refractivity contribution in [2.45, 2.75) is 76.7 Å². The molecule has 0 saturated carbocycles. The molecule has 1 saturated heterocycles. The Morgan fingerprint density at radius 2 is 1.49 bits per heavy atom. The largest absolute Gasteiger partial charge is 0.497 e. The van der Waals surface area contributed by atoms with E-state index in [4.69, 9.17) is 28.0 Å². The normalized spacial score (nSPS) is 17.0. The summed E-state index contributed by atoms with van der Waals surface area (Å²) in [5.74, 6) is 0.811. The van der Waals surface area contributed by atoms with Gasteiger partial charge in [0, 0.05) is 24.1 Å².